The van der Waals surface area contributed by atoms with Crippen molar-refractivity contribution in [2.45, 2.75) is 26.3 Å². The van der Waals surface area contributed by atoms with Crippen LogP contribution in [-0.4, -0.2) is 29.1 Å². The van der Waals surface area contributed by atoms with E-state index < -0.39 is 0 Å². The fraction of sp³-hybridized carbons (Fsp3) is 0.333. The van der Waals surface area contributed by atoms with E-state index in [9.17, 15) is 0 Å². The Kier molecular flexibility index (Phi) is 7.65. The van der Waals surface area contributed by atoms with Gasteiger partial charge in [-0.15, -0.1) is 24.0 Å². The topological polar surface area (TPSA) is 54.2 Å². The van der Waals surface area contributed by atoms with Crippen LogP contribution >= 0.6 is 24.0 Å². The maximum atomic E-state index is 4.69. The molecule has 1 atom stereocenters. The van der Waals surface area contributed by atoms with Crippen molar-refractivity contribution in [1.82, 2.24) is 20.2 Å². The average Bonchev–Trinajstić information content (AvgIpc) is 2.98. The molecule has 1 unspecified atom stereocenters. The summed E-state index contributed by atoms with van der Waals surface area (Å²) in [6.07, 6.45) is 0. The van der Waals surface area contributed by atoms with Gasteiger partial charge in [-0.3, -0.25) is 4.99 Å². The summed E-state index contributed by atoms with van der Waals surface area (Å²) in [7, 11) is 3.84. The Morgan fingerprint density at radius 1 is 1.11 bits per heavy atom. The zero-order chi connectivity index (χ0) is 18.5. The van der Waals surface area contributed by atoms with Crippen molar-refractivity contribution in [3.8, 4) is 0 Å². The third-order valence-corrected chi connectivity index (χ3v) is 4.74. The fourth-order valence-electron chi connectivity index (χ4n) is 3.00. The quantitative estimate of drug-likeness (QED) is 0.332. The van der Waals surface area contributed by atoms with Gasteiger partial charge in [0.25, 0.3) is 0 Å². The molecule has 2 N–H and O–H groups in total. The van der Waals surface area contributed by atoms with Crippen LogP contribution in [0.15, 0.2) is 53.5 Å². The number of hydrogen-bond donors (Lipinski definition) is 2. The number of nitrogens with zero attached hydrogens (tertiary/aromatic N) is 3. The summed E-state index contributed by atoms with van der Waals surface area (Å²) >= 11 is 0. The van der Waals surface area contributed by atoms with Gasteiger partial charge in [-0.2, -0.15) is 0 Å². The molecule has 2 aromatic carbocycles. The maximum Gasteiger partial charge on any atom is 0.191 e. The van der Waals surface area contributed by atoms with Crippen LogP contribution in [0.1, 0.15) is 29.8 Å². The third-order valence-electron chi connectivity index (χ3n) is 4.74. The summed E-state index contributed by atoms with van der Waals surface area (Å²) < 4.78 is 2.12. The summed E-state index contributed by atoms with van der Waals surface area (Å²) in [5, 5.41) is 6.77. The molecule has 0 saturated carbocycles. The molecule has 0 aliphatic carbocycles. The molecule has 0 spiro atoms. The smallest absolute Gasteiger partial charge is 0.191 e. The lowest BCUT2D eigenvalue weighted by molar-refractivity contribution is 0.686. The molecule has 1 aromatic heterocycles. The Bertz CT molecular complexity index is 899. The van der Waals surface area contributed by atoms with E-state index in [1.165, 1.54) is 11.1 Å². The number of hydrogen-bond acceptors (Lipinski definition) is 2. The highest BCUT2D eigenvalue weighted by Gasteiger charge is 2.09. The van der Waals surface area contributed by atoms with E-state index in [-0.39, 0.29) is 24.0 Å². The van der Waals surface area contributed by atoms with E-state index in [1.54, 1.807) is 7.05 Å². The first-order valence-corrected chi connectivity index (χ1v) is 9.00. The van der Waals surface area contributed by atoms with Gasteiger partial charge in [0, 0.05) is 20.6 Å². The minimum Gasteiger partial charge on any atom is -0.356 e. The largest absolute Gasteiger partial charge is 0.356 e. The average molecular weight is 477 g/mol. The van der Waals surface area contributed by atoms with Crippen molar-refractivity contribution in [3.63, 3.8) is 0 Å². The van der Waals surface area contributed by atoms with Crippen molar-refractivity contribution in [2.75, 3.05) is 13.6 Å². The molecule has 3 rings (SSSR count). The number of halogens is 1. The van der Waals surface area contributed by atoms with E-state index >= 15 is 0 Å². The minimum absolute atomic E-state index is 0. The summed E-state index contributed by atoms with van der Waals surface area (Å²) in [5.74, 6) is 2.18. The van der Waals surface area contributed by atoms with Gasteiger partial charge in [0.05, 0.1) is 17.6 Å². The van der Waals surface area contributed by atoms with Crippen molar-refractivity contribution >= 4 is 41.0 Å². The van der Waals surface area contributed by atoms with Crippen molar-refractivity contribution in [2.24, 2.45) is 12.0 Å². The second-order valence-electron chi connectivity index (χ2n) is 6.69. The molecular formula is C21H28IN5. The molecule has 3 aromatic rings. The highest BCUT2D eigenvalue weighted by Crippen LogP contribution is 2.15. The molecule has 27 heavy (non-hydrogen) atoms. The fourth-order valence-corrected chi connectivity index (χ4v) is 3.00. The van der Waals surface area contributed by atoms with Crippen LogP contribution in [0.4, 0.5) is 0 Å². The number of rotatable bonds is 5. The molecule has 0 fully saturated rings. The number of fused-ring (bicyclic) bond motifs is 1. The van der Waals surface area contributed by atoms with Crippen LogP contribution in [-0.2, 0) is 13.6 Å². The van der Waals surface area contributed by atoms with Gasteiger partial charge in [0.2, 0.25) is 0 Å². The Labute approximate surface area is 178 Å². The molecule has 0 bridgehead atoms. The Morgan fingerprint density at radius 3 is 2.48 bits per heavy atom. The molecule has 144 valence electrons. The number of aryl methyl sites for hydroxylation is 2. The summed E-state index contributed by atoms with van der Waals surface area (Å²) in [5.41, 5.74) is 4.77. The lowest BCUT2D eigenvalue weighted by Gasteiger charge is -2.16. The number of para-hydroxylation sites is 2. The van der Waals surface area contributed by atoms with Crippen LogP contribution in [0.3, 0.4) is 0 Å². The lowest BCUT2D eigenvalue weighted by atomic mass is 10.0. The van der Waals surface area contributed by atoms with Crippen molar-refractivity contribution < 1.29 is 0 Å². The van der Waals surface area contributed by atoms with Gasteiger partial charge in [-0.1, -0.05) is 48.9 Å². The van der Waals surface area contributed by atoms with Crippen LogP contribution < -0.4 is 10.6 Å². The first-order valence-electron chi connectivity index (χ1n) is 9.00. The first-order chi connectivity index (χ1) is 12.6. The number of imidazole rings is 1. The summed E-state index contributed by atoms with van der Waals surface area (Å²) in [6.45, 7) is 5.78. The highest BCUT2D eigenvalue weighted by molar-refractivity contribution is 14.0. The summed E-state index contributed by atoms with van der Waals surface area (Å²) in [4.78, 5) is 9.01. The molecule has 0 aliphatic heterocycles. The van der Waals surface area contributed by atoms with Crippen LogP contribution in [0.5, 0.6) is 0 Å². The monoisotopic (exact) mass is 477 g/mol. The van der Waals surface area contributed by atoms with Crippen molar-refractivity contribution in [1.29, 1.82) is 0 Å². The number of aliphatic imine (C=N–C) groups is 1. The number of nitrogens with one attached hydrogen (secondary N) is 2. The van der Waals surface area contributed by atoms with Crippen LogP contribution in [0, 0.1) is 6.92 Å². The number of guanidine groups is 1. The van der Waals surface area contributed by atoms with Gasteiger partial charge in [0.1, 0.15) is 5.82 Å². The minimum atomic E-state index is 0. The van der Waals surface area contributed by atoms with Gasteiger partial charge in [0.15, 0.2) is 5.96 Å². The van der Waals surface area contributed by atoms with Gasteiger partial charge in [-0.25, -0.2) is 4.98 Å². The van der Waals surface area contributed by atoms with Crippen LogP contribution in [0.25, 0.3) is 11.0 Å². The van der Waals surface area contributed by atoms with Crippen molar-refractivity contribution in [3.05, 3.63) is 65.5 Å². The summed E-state index contributed by atoms with van der Waals surface area (Å²) in [6, 6.07) is 16.9. The lowest BCUT2D eigenvalue weighted by Crippen LogP contribution is -2.39. The molecule has 6 heteroatoms. The van der Waals surface area contributed by atoms with Gasteiger partial charge >= 0.3 is 0 Å². The van der Waals surface area contributed by atoms with E-state index in [2.05, 4.69) is 69.4 Å². The third kappa shape index (κ3) is 5.22. The van der Waals surface area contributed by atoms with Gasteiger partial charge in [-0.05, 0) is 30.5 Å². The highest BCUT2D eigenvalue weighted by atomic mass is 127. The SMILES string of the molecule is CN=C(NCc1nc2ccccc2n1C)NCC(C)c1ccc(C)cc1.I. The maximum absolute atomic E-state index is 4.69. The number of benzene rings is 2. The molecule has 0 aliphatic rings. The predicted molar refractivity (Wildman–Crippen MR) is 124 cm³/mol. The molecule has 0 saturated heterocycles. The zero-order valence-corrected chi connectivity index (χ0v) is 18.7. The van der Waals surface area contributed by atoms with E-state index in [0.29, 0.717) is 12.5 Å². The molecule has 1 heterocycles. The van der Waals surface area contributed by atoms with E-state index in [4.69, 9.17) is 0 Å². The normalized spacial score (nSPS) is 12.5. The second kappa shape index (κ2) is 9.73. The molecule has 0 amide bonds. The predicted octanol–water partition coefficient (Wildman–Crippen LogP) is 3.97. The molecule has 0 radical (unpaired) electrons. The number of aromatic nitrogens is 2. The van der Waals surface area contributed by atoms with Gasteiger partial charge < -0.3 is 15.2 Å². The van der Waals surface area contributed by atoms with E-state index in [1.807, 2.05) is 25.2 Å². The second-order valence-corrected chi connectivity index (χ2v) is 6.69. The molecule has 5 nitrogen and oxygen atoms in total. The van der Waals surface area contributed by atoms with E-state index in [0.717, 1.165) is 29.4 Å². The zero-order valence-electron chi connectivity index (χ0n) is 16.4. The van der Waals surface area contributed by atoms with Crippen LogP contribution in [0.2, 0.25) is 0 Å². The first kappa shape index (κ1) is 21.2. The standard InChI is InChI=1S/C21H27N5.HI/c1-15-9-11-17(12-10-15)16(2)13-23-21(22-3)24-14-20-25-18-7-5-6-8-19(18)26(20)4;/h5-12,16H,13-14H2,1-4H3,(H2,22,23,24);1H. The Hall–Kier alpha value is -2.09. The molecular weight excluding hydrogens is 449 g/mol. The Morgan fingerprint density at radius 2 is 1.81 bits per heavy atom. The Balaban J connectivity index is 0.00000261.